The fraction of sp³-hybridized carbons (Fsp3) is 0.533. The van der Waals surface area contributed by atoms with Gasteiger partial charge in [-0.2, -0.15) is 5.26 Å². The number of rotatable bonds is 4. The molecular formula is C15H20N2O2. The Labute approximate surface area is 114 Å². The van der Waals surface area contributed by atoms with E-state index in [9.17, 15) is 0 Å². The van der Waals surface area contributed by atoms with E-state index in [1.165, 1.54) is 0 Å². The van der Waals surface area contributed by atoms with Gasteiger partial charge < -0.3 is 9.47 Å². The maximum Gasteiger partial charge on any atom is 0.119 e. The fourth-order valence-corrected chi connectivity index (χ4v) is 2.19. The molecule has 2 atom stereocenters. The lowest BCUT2D eigenvalue weighted by atomic mass is 10.2. The summed E-state index contributed by atoms with van der Waals surface area (Å²) in [4.78, 5) is 2.39. The van der Waals surface area contributed by atoms with Gasteiger partial charge >= 0.3 is 0 Å². The summed E-state index contributed by atoms with van der Waals surface area (Å²) >= 11 is 0. The van der Waals surface area contributed by atoms with Gasteiger partial charge in [0, 0.05) is 19.1 Å². The molecule has 0 N–H and O–H groups in total. The summed E-state index contributed by atoms with van der Waals surface area (Å²) in [5.41, 5.74) is 0.656. The van der Waals surface area contributed by atoms with Gasteiger partial charge in [-0.25, -0.2) is 0 Å². The minimum atomic E-state index is 0.297. The van der Waals surface area contributed by atoms with E-state index < -0.39 is 0 Å². The number of hydrogen-bond acceptors (Lipinski definition) is 4. The molecule has 0 aromatic heterocycles. The third kappa shape index (κ3) is 3.95. The van der Waals surface area contributed by atoms with Crippen molar-refractivity contribution < 1.29 is 9.47 Å². The van der Waals surface area contributed by atoms with Crippen LogP contribution in [0.25, 0.3) is 0 Å². The number of benzene rings is 1. The molecular weight excluding hydrogens is 240 g/mol. The van der Waals surface area contributed by atoms with Gasteiger partial charge in [0.05, 0.1) is 24.3 Å². The fourth-order valence-electron chi connectivity index (χ4n) is 2.19. The number of nitrogens with zero attached hydrogens (tertiary/aromatic N) is 2. The Balaban J connectivity index is 1.77. The molecule has 1 fully saturated rings. The quantitative estimate of drug-likeness (QED) is 0.831. The van der Waals surface area contributed by atoms with E-state index in [0.29, 0.717) is 24.3 Å². The number of nitriles is 1. The van der Waals surface area contributed by atoms with E-state index in [0.717, 1.165) is 25.4 Å². The minimum absolute atomic E-state index is 0.297. The van der Waals surface area contributed by atoms with Crippen molar-refractivity contribution >= 4 is 0 Å². The van der Waals surface area contributed by atoms with Crippen molar-refractivity contribution in [3.8, 4) is 11.8 Å². The molecule has 1 heterocycles. The predicted molar refractivity (Wildman–Crippen MR) is 73.1 cm³/mol. The topological polar surface area (TPSA) is 45.5 Å². The van der Waals surface area contributed by atoms with E-state index in [4.69, 9.17) is 14.7 Å². The average molecular weight is 260 g/mol. The van der Waals surface area contributed by atoms with Gasteiger partial charge in [-0.05, 0) is 38.1 Å². The Morgan fingerprint density at radius 1 is 1.37 bits per heavy atom. The number of morpholine rings is 1. The van der Waals surface area contributed by atoms with Crippen molar-refractivity contribution in [2.45, 2.75) is 26.0 Å². The standard InChI is InChI=1S/C15H20N2O2/c1-12-11-19-13(2)10-17(12)7-8-18-15-5-3-14(9-16)4-6-15/h3-6,12-13H,7-8,10-11H2,1-2H3/t12-,13+/m1/s1. The summed E-state index contributed by atoms with van der Waals surface area (Å²) in [5, 5.41) is 8.72. The highest BCUT2D eigenvalue weighted by Crippen LogP contribution is 2.13. The zero-order chi connectivity index (χ0) is 13.7. The second-order valence-electron chi connectivity index (χ2n) is 4.97. The van der Waals surface area contributed by atoms with Crippen molar-refractivity contribution in [1.29, 1.82) is 5.26 Å². The Bertz CT molecular complexity index is 438. The van der Waals surface area contributed by atoms with Crippen LogP contribution in [0, 0.1) is 11.3 Å². The largest absolute Gasteiger partial charge is 0.492 e. The molecule has 2 rings (SSSR count). The SMILES string of the molecule is C[C@@H]1CO[C@@H](C)CN1CCOc1ccc(C#N)cc1. The highest BCUT2D eigenvalue weighted by atomic mass is 16.5. The van der Waals surface area contributed by atoms with Crippen LogP contribution in [0.5, 0.6) is 5.75 Å². The molecule has 19 heavy (non-hydrogen) atoms. The molecule has 0 spiro atoms. The van der Waals surface area contributed by atoms with E-state index >= 15 is 0 Å². The second kappa shape index (κ2) is 6.55. The lowest BCUT2D eigenvalue weighted by molar-refractivity contribution is -0.0522. The van der Waals surface area contributed by atoms with E-state index in [1.54, 1.807) is 12.1 Å². The molecule has 0 saturated carbocycles. The monoisotopic (exact) mass is 260 g/mol. The second-order valence-corrected chi connectivity index (χ2v) is 4.97. The molecule has 0 amide bonds. The Morgan fingerprint density at radius 2 is 2.11 bits per heavy atom. The Hall–Kier alpha value is -1.57. The molecule has 0 aliphatic carbocycles. The van der Waals surface area contributed by atoms with Gasteiger partial charge in [0.2, 0.25) is 0 Å². The smallest absolute Gasteiger partial charge is 0.119 e. The summed E-state index contributed by atoms with van der Waals surface area (Å²) in [7, 11) is 0. The maximum absolute atomic E-state index is 8.72. The summed E-state index contributed by atoms with van der Waals surface area (Å²) in [6.07, 6.45) is 0.297. The highest BCUT2D eigenvalue weighted by Gasteiger charge is 2.22. The van der Waals surface area contributed by atoms with Crippen molar-refractivity contribution in [3.63, 3.8) is 0 Å². The molecule has 0 bridgehead atoms. The molecule has 0 unspecified atom stereocenters. The molecule has 1 saturated heterocycles. The van der Waals surface area contributed by atoms with E-state index in [-0.39, 0.29) is 0 Å². The minimum Gasteiger partial charge on any atom is -0.492 e. The van der Waals surface area contributed by atoms with Crippen LogP contribution in [0.4, 0.5) is 0 Å². The maximum atomic E-state index is 8.72. The first kappa shape index (κ1) is 13.9. The highest BCUT2D eigenvalue weighted by molar-refractivity contribution is 5.34. The molecule has 1 aliphatic heterocycles. The number of hydrogen-bond donors (Lipinski definition) is 0. The van der Waals surface area contributed by atoms with Crippen LogP contribution in [-0.2, 0) is 4.74 Å². The van der Waals surface area contributed by atoms with Crippen molar-refractivity contribution in [2.24, 2.45) is 0 Å². The summed E-state index contributed by atoms with van der Waals surface area (Å²) in [5.74, 6) is 0.813. The lowest BCUT2D eigenvalue weighted by Gasteiger charge is -2.36. The van der Waals surface area contributed by atoms with E-state index in [2.05, 4.69) is 24.8 Å². The molecule has 4 heteroatoms. The van der Waals surface area contributed by atoms with E-state index in [1.807, 2.05) is 12.1 Å². The van der Waals surface area contributed by atoms with Crippen LogP contribution in [0.3, 0.4) is 0 Å². The first-order chi connectivity index (χ1) is 9.19. The van der Waals surface area contributed by atoms with Crippen LogP contribution in [-0.4, -0.2) is 43.3 Å². The molecule has 0 radical (unpaired) electrons. The summed E-state index contributed by atoms with van der Waals surface area (Å²) in [6, 6.07) is 9.76. The third-order valence-electron chi connectivity index (χ3n) is 3.37. The lowest BCUT2D eigenvalue weighted by Crippen LogP contribution is -2.48. The zero-order valence-electron chi connectivity index (χ0n) is 11.5. The van der Waals surface area contributed by atoms with Crippen molar-refractivity contribution in [2.75, 3.05) is 26.3 Å². The van der Waals surface area contributed by atoms with Gasteiger partial charge in [0.1, 0.15) is 12.4 Å². The first-order valence-corrected chi connectivity index (χ1v) is 6.67. The predicted octanol–water partition coefficient (Wildman–Crippen LogP) is 2.05. The number of ether oxygens (including phenoxy) is 2. The van der Waals surface area contributed by atoms with Crippen LogP contribution in [0.1, 0.15) is 19.4 Å². The Morgan fingerprint density at radius 3 is 2.79 bits per heavy atom. The van der Waals surface area contributed by atoms with Gasteiger partial charge in [-0.1, -0.05) is 0 Å². The average Bonchev–Trinajstić information content (AvgIpc) is 2.43. The molecule has 102 valence electrons. The van der Waals surface area contributed by atoms with Gasteiger partial charge in [-0.3, -0.25) is 4.90 Å². The van der Waals surface area contributed by atoms with Crippen LogP contribution in [0.15, 0.2) is 24.3 Å². The molecule has 1 aliphatic rings. The molecule has 4 nitrogen and oxygen atoms in total. The van der Waals surface area contributed by atoms with Crippen LogP contribution >= 0.6 is 0 Å². The van der Waals surface area contributed by atoms with Crippen LogP contribution < -0.4 is 4.74 Å². The van der Waals surface area contributed by atoms with Crippen molar-refractivity contribution in [1.82, 2.24) is 4.90 Å². The van der Waals surface area contributed by atoms with Crippen LogP contribution in [0.2, 0.25) is 0 Å². The first-order valence-electron chi connectivity index (χ1n) is 6.67. The van der Waals surface area contributed by atoms with Gasteiger partial charge in [-0.15, -0.1) is 0 Å². The van der Waals surface area contributed by atoms with Crippen molar-refractivity contribution in [3.05, 3.63) is 29.8 Å². The third-order valence-corrected chi connectivity index (χ3v) is 3.37. The molecule has 1 aromatic rings. The normalized spacial score (nSPS) is 23.8. The van der Waals surface area contributed by atoms with Gasteiger partial charge in [0.25, 0.3) is 0 Å². The van der Waals surface area contributed by atoms with Gasteiger partial charge in [0.15, 0.2) is 0 Å². The zero-order valence-corrected chi connectivity index (χ0v) is 11.5. The summed E-state index contributed by atoms with van der Waals surface area (Å²) < 4.78 is 11.3. The Kier molecular flexibility index (Phi) is 4.78. The summed E-state index contributed by atoms with van der Waals surface area (Å²) in [6.45, 7) is 7.57. The molecule has 1 aromatic carbocycles.